The summed E-state index contributed by atoms with van der Waals surface area (Å²) in [5, 5.41) is 13.7. The Kier molecular flexibility index (Phi) is 5.32. The Morgan fingerprint density at radius 2 is 1.58 bits per heavy atom. The van der Waals surface area contributed by atoms with Crippen molar-refractivity contribution in [3.8, 4) is 0 Å². The van der Waals surface area contributed by atoms with Gasteiger partial charge in [0.25, 0.3) is 0 Å². The van der Waals surface area contributed by atoms with E-state index in [0.29, 0.717) is 0 Å². The first kappa shape index (κ1) is 19.2. The summed E-state index contributed by atoms with van der Waals surface area (Å²) in [7, 11) is 0. The van der Waals surface area contributed by atoms with E-state index in [2.05, 4.69) is 31.9 Å². The summed E-state index contributed by atoms with van der Waals surface area (Å²) in [6, 6.07) is 11.3. The number of amides is 1. The molecule has 0 aliphatic heterocycles. The van der Waals surface area contributed by atoms with E-state index >= 15 is 0 Å². The van der Waals surface area contributed by atoms with Crippen molar-refractivity contribution in [2.45, 2.75) is 18.8 Å². The van der Waals surface area contributed by atoms with Gasteiger partial charge in [0, 0.05) is 37.3 Å². The van der Waals surface area contributed by atoms with Crippen molar-refractivity contribution >= 4 is 59.6 Å². The molecule has 1 unspecified atom stereocenters. The summed E-state index contributed by atoms with van der Waals surface area (Å²) in [6.07, 6.45) is -6.14. The van der Waals surface area contributed by atoms with Crippen molar-refractivity contribution in [2.24, 2.45) is 0 Å². The first-order valence-electron chi connectivity index (χ1n) is 7.57. The van der Waals surface area contributed by atoms with Crippen LogP contribution in [0.1, 0.15) is 0 Å². The van der Waals surface area contributed by atoms with Gasteiger partial charge in [-0.25, -0.2) is 0 Å². The van der Waals surface area contributed by atoms with E-state index in [9.17, 15) is 23.1 Å². The number of alkyl halides is 3. The summed E-state index contributed by atoms with van der Waals surface area (Å²) < 4.78 is 40.4. The number of hydrogen-bond donors (Lipinski definition) is 2. The molecule has 1 atom stereocenters. The Labute approximate surface area is 163 Å². The summed E-state index contributed by atoms with van der Waals surface area (Å²) >= 11 is 6.86. The molecule has 0 bridgehead atoms. The normalized spacial score (nSPS) is 13.3. The van der Waals surface area contributed by atoms with Crippen molar-refractivity contribution in [3.05, 3.63) is 45.3 Å². The first-order valence-corrected chi connectivity index (χ1v) is 9.15. The van der Waals surface area contributed by atoms with Gasteiger partial charge in [0.1, 0.15) is 0 Å². The molecule has 3 aromatic rings. The summed E-state index contributed by atoms with van der Waals surface area (Å²) in [5.41, 5.74) is 1.67. The molecule has 9 heteroatoms. The number of aromatic nitrogens is 1. The van der Waals surface area contributed by atoms with Crippen molar-refractivity contribution < 1.29 is 23.1 Å². The number of nitrogens with one attached hydrogen (secondary N) is 1. The molecule has 2 N–H and O–H groups in total. The lowest BCUT2D eigenvalue weighted by molar-refractivity contribution is -0.174. The lowest BCUT2D eigenvalue weighted by atomic mass is 10.2. The van der Waals surface area contributed by atoms with E-state index in [1.165, 1.54) is 0 Å². The number of rotatable bonds is 4. The van der Waals surface area contributed by atoms with E-state index in [1.54, 1.807) is 5.32 Å². The van der Waals surface area contributed by atoms with Crippen LogP contribution in [-0.4, -0.2) is 34.4 Å². The van der Waals surface area contributed by atoms with Crippen molar-refractivity contribution in [1.82, 2.24) is 9.88 Å². The van der Waals surface area contributed by atoms with E-state index < -0.39 is 24.7 Å². The average molecular weight is 494 g/mol. The van der Waals surface area contributed by atoms with Crippen LogP contribution >= 0.6 is 31.9 Å². The molecular formula is C17H13Br2F3N2O2. The third kappa shape index (κ3) is 3.89. The maximum atomic E-state index is 12.3. The van der Waals surface area contributed by atoms with Gasteiger partial charge in [-0.1, -0.05) is 31.9 Å². The van der Waals surface area contributed by atoms with Gasteiger partial charge < -0.3 is 15.0 Å². The fourth-order valence-electron chi connectivity index (χ4n) is 2.83. The van der Waals surface area contributed by atoms with Crippen LogP contribution in [0.3, 0.4) is 0 Å². The molecule has 0 saturated carbocycles. The number of nitrogens with zero attached hydrogens (tertiary/aromatic N) is 1. The van der Waals surface area contributed by atoms with Gasteiger partial charge in [0.15, 0.2) is 0 Å². The predicted molar refractivity (Wildman–Crippen MR) is 99.9 cm³/mol. The number of halogens is 5. The van der Waals surface area contributed by atoms with Gasteiger partial charge >= 0.3 is 12.1 Å². The number of hydrogen-bond acceptors (Lipinski definition) is 2. The van der Waals surface area contributed by atoms with Crippen LogP contribution in [0.15, 0.2) is 45.3 Å². The third-order valence-electron chi connectivity index (χ3n) is 3.94. The smallest absolute Gasteiger partial charge is 0.389 e. The fraction of sp³-hybridized carbons (Fsp3) is 0.235. The Balaban J connectivity index is 1.92. The topological polar surface area (TPSA) is 54.3 Å². The monoisotopic (exact) mass is 492 g/mol. The second-order valence-corrected chi connectivity index (χ2v) is 7.63. The van der Waals surface area contributed by atoms with Gasteiger partial charge in [-0.3, -0.25) is 4.79 Å². The fourth-order valence-corrected chi connectivity index (χ4v) is 3.55. The van der Waals surface area contributed by atoms with Crippen LogP contribution in [0.4, 0.5) is 13.2 Å². The van der Waals surface area contributed by atoms with E-state index in [1.807, 2.05) is 41.0 Å². The van der Waals surface area contributed by atoms with Crippen LogP contribution in [-0.2, 0) is 11.3 Å². The molecule has 138 valence electrons. The maximum absolute atomic E-state index is 12.3. The average Bonchev–Trinajstić information content (AvgIpc) is 2.84. The molecule has 0 fully saturated rings. The lowest BCUT2D eigenvalue weighted by Gasteiger charge is -2.15. The molecule has 26 heavy (non-hydrogen) atoms. The van der Waals surface area contributed by atoms with Gasteiger partial charge in [-0.2, -0.15) is 13.2 Å². The Hall–Kier alpha value is -1.58. The minimum Gasteiger partial charge on any atom is -0.389 e. The highest BCUT2D eigenvalue weighted by atomic mass is 79.9. The van der Waals surface area contributed by atoms with Crippen molar-refractivity contribution in [1.29, 1.82) is 0 Å². The molecule has 4 nitrogen and oxygen atoms in total. The van der Waals surface area contributed by atoms with E-state index in [4.69, 9.17) is 0 Å². The molecule has 1 aromatic heterocycles. The van der Waals surface area contributed by atoms with Crippen LogP contribution in [0.25, 0.3) is 21.8 Å². The maximum Gasteiger partial charge on any atom is 0.471 e. The van der Waals surface area contributed by atoms with Gasteiger partial charge in [-0.05, 0) is 36.4 Å². The summed E-state index contributed by atoms with van der Waals surface area (Å²) in [5.74, 6) is -2.06. The highest BCUT2D eigenvalue weighted by Crippen LogP contribution is 2.33. The molecule has 1 amide bonds. The van der Waals surface area contributed by atoms with Crippen LogP contribution in [0.2, 0.25) is 0 Å². The van der Waals surface area contributed by atoms with Crippen molar-refractivity contribution in [2.75, 3.05) is 6.54 Å². The predicted octanol–water partition coefficient (Wildman–Crippen LogP) is 4.36. The molecule has 0 saturated heterocycles. The zero-order valence-corrected chi connectivity index (χ0v) is 16.3. The third-order valence-corrected chi connectivity index (χ3v) is 4.92. The number of benzene rings is 2. The summed E-state index contributed by atoms with van der Waals surface area (Å²) in [4.78, 5) is 10.9. The molecular weight excluding hydrogens is 481 g/mol. The number of aliphatic hydroxyl groups is 1. The largest absolute Gasteiger partial charge is 0.471 e. The number of carbonyl (C=O) groups excluding carboxylic acids is 1. The van der Waals surface area contributed by atoms with Gasteiger partial charge in [-0.15, -0.1) is 0 Å². The molecule has 0 aliphatic carbocycles. The molecule has 0 radical (unpaired) electrons. The Morgan fingerprint density at radius 3 is 2.04 bits per heavy atom. The number of fused-ring (bicyclic) bond motifs is 3. The van der Waals surface area contributed by atoms with Crippen LogP contribution < -0.4 is 5.32 Å². The lowest BCUT2D eigenvalue weighted by Crippen LogP contribution is -2.41. The highest BCUT2D eigenvalue weighted by Gasteiger charge is 2.38. The standard InChI is InChI=1S/C17H13Br2F3N2O2/c18-9-1-3-14-12(5-9)13-6-10(19)2-4-15(13)24(14)8-11(25)7-23-16(26)17(20,21)22/h1-6,11,25H,7-8H2,(H,23,26). The van der Waals surface area contributed by atoms with E-state index in [-0.39, 0.29) is 6.54 Å². The minimum atomic E-state index is -4.97. The van der Waals surface area contributed by atoms with Crippen LogP contribution in [0.5, 0.6) is 0 Å². The minimum absolute atomic E-state index is 0.0431. The quantitative estimate of drug-likeness (QED) is 0.567. The van der Waals surface area contributed by atoms with Gasteiger partial charge in [0.2, 0.25) is 0 Å². The molecule has 1 heterocycles. The molecule has 3 rings (SSSR count). The molecule has 0 aliphatic rings. The highest BCUT2D eigenvalue weighted by molar-refractivity contribution is 9.10. The van der Waals surface area contributed by atoms with E-state index in [0.717, 1.165) is 30.8 Å². The number of carbonyl (C=O) groups is 1. The van der Waals surface area contributed by atoms with Crippen LogP contribution in [0, 0.1) is 0 Å². The second-order valence-electron chi connectivity index (χ2n) is 5.80. The van der Waals surface area contributed by atoms with Gasteiger partial charge in [0.05, 0.1) is 12.6 Å². The SMILES string of the molecule is O=C(NCC(O)Cn1c2ccc(Br)cc2c2cc(Br)ccc21)C(F)(F)F. The summed E-state index contributed by atoms with van der Waals surface area (Å²) in [6.45, 7) is -0.450. The molecule has 2 aromatic carbocycles. The first-order chi connectivity index (χ1) is 12.2. The Bertz CT molecular complexity index is 926. The Morgan fingerprint density at radius 1 is 1.08 bits per heavy atom. The number of aliphatic hydroxyl groups excluding tert-OH is 1. The zero-order valence-electron chi connectivity index (χ0n) is 13.1. The molecule has 0 spiro atoms. The second kappa shape index (κ2) is 7.21. The zero-order chi connectivity index (χ0) is 19.1. The van der Waals surface area contributed by atoms with Crippen molar-refractivity contribution in [3.63, 3.8) is 0 Å².